The number of carbonyl (C=O) groups excluding carboxylic acids is 2. The van der Waals surface area contributed by atoms with Crippen molar-refractivity contribution in [3.05, 3.63) is 82.9 Å². The van der Waals surface area contributed by atoms with Crippen LogP contribution in [0.3, 0.4) is 0 Å². The van der Waals surface area contributed by atoms with E-state index < -0.39 is 0 Å². The second-order valence-electron chi connectivity index (χ2n) is 9.81. The fourth-order valence-corrected chi connectivity index (χ4v) is 5.24. The predicted octanol–water partition coefficient (Wildman–Crippen LogP) is 4.59. The fourth-order valence-electron chi connectivity index (χ4n) is 5.06. The lowest BCUT2D eigenvalue weighted by atomic mass is 9.95. The molecule has 2 amide bonds. The molecule has 1 fully saturated rings. The van der Waals surface area contributed by atoms with Crippen LogP contribution in [0.25, 0.3) is 10.8 Å². The molecule has 1 aliphatic rings. The van der Waals surface area contributed by atoms with Gasteiger partial charge in [-0.2, -0.15) is 0 Å². The first-order valence-corrected chi connectivity index (χ1v) is 13.6. The minimum absolute atomic E-state index is 0.0100. The molecule has 1 heterocycles. The summed E-state index contributed by atoms with van der Waals surface area (Å²) in [6.45, 7) is 4.76. The number of hydrogen-bond donors (Lipinski definition) is 3. The third kappa shape index (κ3) is 7.10. The van der Waals surface area contributed by atoms with Gasteiger partial charge in [-0.3, -0.25) is 9.59 Å². The molecule has 7 heteroatoms. The van der Waals surface area contributed by atoms with Crippen LogP contribution < -0.4 is 16.0 Å². The van der Waals surface area contributed by atoms with Crippen molar-refractivity contribution < 1.29 is 9.59 Å². The number of benzene rings is 3. The van der Waals surface area contributed by atoms with Gasteiger partial charge < -0.3 is 20.9 Å². The SMILES string of the molecule is CCC(CN1CCC(CNC(=O)c2ccc3cc(Cl)ccc3c2)NC(CCNC)C1=O)c1ccccc1. The molecule has 0 aromatic heterocycles. The molecule has 3 aromatic carbocycles. The van der Waals surface area contributed by atoms with E-state index in [1.165, 1.54) is 5.56 Å². The molecule has 6 nitrogen and oxygen atoms in total. The third-order valence-corrected chi connectivity index (χ3v) is 7.49. The first-order chi connectivity index (χ1) is 18.0. The number of rotatable bonds is 10. The van der Waals surface area contributed by atoms with Gasteiger partial charge in [-0.05, 0) is 73.5 Å². The van der Waals surface area contributed by atoms with Gasteiger partial charge in [0.2, 0.25) is 5.91 Å². The van der Waals surface area contributed by atoms with Crippen LogP contribution in [-0.4, -0.2) is 62.0 Å². The Kier molecular flexibility index (Phi) is 9.56. The summed E-state index contributed by atoms with van der Waals surface area (Å²) in [5.41, 5.74) is 1.88. The van der Waals surface area contributed by atoms with Crippen LogP contribution in [0.1, 0.15) is 48.0 Å². The van der Waals surface area contributed by atoms with E-state index in [9.17, 15) is 9.59 Å². The van der Waals surface area contributed by atoms with E-state index in [4.69, 9.17) is 11.6 Å². The number of nitrogens with zero attached hydrogens (tertiary/aromatic N) is 1. The molecule has 196 valence electrons. The van der Waals surface area contributed by atoms with Gasteiger partial charge in [-0.25, -0.2) is 0 Å². The van der Waals surface area contributed by atoms with Crippen molar-refractivity contribution in [3.63, 3.8) is 0 Å². The number of carbonyl (C=O) groups is 2. The average molecular weight is 521 g/mol. The summed E-state index contributed by atoms with van der Waals surface area (Å²) in [5.74, 6) is 0.328. The highest BCUT2D eigenvalue weighted by Gasteiger charge is 2.31. The Morgan fingerprint density at radius 2 is 1.86 bits per heavy atom. The van der Waals surface area contributed by atoms with Gasteiger partial charge in [0.15, 0.2) is 0 Å². The van der Waals surface area contributed by atoms with E-state index in [0.29, 0.717) is 42.6 Å². The molecule has 0 radical (unpaired) electrons. The summed E-state index contributed by atoms with van der Waals surface area (Å²) >= 11 is 6.08. The predicted molar refractivity (Wildman–Crippen MR) is 151 cm³/mol. The van der Waals surface area contributed by atoms with E-state index >= 15 is 0 Å². The van der Waals surface area contributed by atoms with Gasteiger partial charge in [0, 0.05) is 42.2 Å². The molecule has 1 aliphatic heterocycles. The monoisotopic (exact) mass is 520 g/mol. The van der Waals surface area contributed by atoms with Crippen LogP contribution in [0.2, 0.25) is 5.02 Å². The smallest absolute Gasteiger partial charge is 0.251 e. The Balaban J connectivity index is 1.42. The molecular weight excluding hydrogens is 484 g/mol. The van der Waals surface area contributed by atoms with Crippen molar-refractivity contribution in [2.75, 3.05) is 33.2 Å². The van der Waals surface area contributed by atoms with Crippen molar-refractivity contribution in [2.24, 2.45) is 0 Å². The summed E-state index contributed by atoms with van der Waals surface area (Å²) in [6.07, 6.45) is 2.45. The molecular formula is C30H37ClN4O2. The van der Waals surface area contributed by atoms with Crippen molar-refractivity contribution in [3.8, 4) is 0 Å². The van der Waals surface area contributed by atoms with Crippen LogP contribution in [0.5, 0.6) is 0 Å². The standard InChI is InChI=1S/C30H37ClN4O2/c1-3-21(22-7-5-4-6-8-22)20-35-16-14-27(34-28(30(35)37)13-15-32-2)19-33-29(36)25-10-9-24-18-26(31)12-11-23(24)17-25/h4-12,17-18,21,27-28,32,34H,3,13-16,19-20H2,1-2H3,(H,33,36). The van der Waals surface area contributed by atoms with Gasteiger partial charge in [0.05, 0.1) is 6.04 Å². The number of halogens is 1. The van der Waals surface area contributed by atoms with E-state index in [0.717, 1.165) is 30.2 Å². The Morgan fingerprint density at radius 1 is 1.11 bits per heavy atom. The van der Waals surface area contributed by atoms with Crippen LogP contribution in [0.4, 0.5) is 0 Å². The molecule has 4 rings (SSSR count). The van der Waals surface area contributed by atoms with Gasteiger partial charge in [-0.1, -0.05) is 61.0 Å². The van der Waals surface area contributed by atoms with Gasteiger partial charge in [0.25, 0.3) is 5.91 Å². The van der Waals surface area contributed by atoms with Crippen molar-refractivity contribution in [1.82, 2.24) is 20.9 Å². The third-order valence-electron chi connectivity index (χ3n) is 7.26. The molecule has 3 atom stereocenters. The highest BCUT2D eigenvalue weighted by Crippen LogP contribution is 2.23. The molecule has 37 heavy (non-hydrogen) atoms. The van der Waals surface area contributed by atoms with Crippen molar-refractivity contribution in [1.29, 1.82) is 0 Å². The summed E-state index contributed by atoms with van der Waals surface area (Å²) in [6, 6.07) is 21.4. The summed E-state index contributed by atoms with van der Waals surface area (Å²) < 4.78 is 0. The fraction of sp³-hybridized carbons (Fsp3) is 0.400. The van der Waals surface area contributed by atoms with Gasteiger partial charge in [0.1, 0.15) is 0 Å². The van der Waals surface area contributed by atoms with Crippen molar-refractivity contribution in [2.45, 2.75) is 44.2 Å². The molecule has 3 unspecified atom stereocenters. The van der Waals surface area contributed by atoms with E-state index in [1.807, 2.05) is 54.4 Å². The number of nitrogens with one attached hydrogen (secondary N) is 3. The minimum atomic E-state index is -0.282. The molecule has 1 saturated heterocycles. The van der Waals surface area contributed by atoms with Crippen LogP contribution in [0, 0.1) is 0 Å². The summed E-state index contributed by atoms with van der Waals surface area (Å²) in [4.78, 5) is 28.5. The maximum atomic E-state index is 13.5. The molecule has 0 bridgehead atoms. The lowest BCUT2D eigenvalue weighted by molar-refractivity contribution is -0.133. The quantitative estimate of drug-likeness (QED) is 0.366. The Labute approximate surface area is 224 Å². The number of fused-ring (bicyclic) bond motifs is 1. The molecule has 3 aromatic rings. The maximum Gasteiger partial charge on any atom is 0.251 e. The first-order valence-electron chi connectivity index (χ1n) is 13.2. The Morgan fingerprint density at radius 3 is 2.62 bits per heavy atom. The molecule has 0 spiro atoms. The van der Waals surface area contributed by atoms with Crippen LogP contribution in [0.15, 0.2) is 66.7 Å². The van der Waals surface area contributed by atoms with Crippen LogP contribution in [-0.2, 0) is 4.79 Å². The lowest BCUT2D eigenvalue weighted by Gasteiger charge is -2.28. The highest BCUT2D eigenvalue weighted by atomic mass is 35.5. The average Bonchev–Trinajstić information content (AvgIpc) is 3.07. The number of hydrogen-bond acceptors (Lipinski definition) is 4. The molecule has 0 aliphatic carbocycles. The van der Waals surface area contributed by atoms with Gasteiger partial charge >= 0.3 is 0 Å². The lowest BCUT2D eigenvalue weighted by Crippen LogP contribution is -2.50. The largest absolute Gasteiger partial charge is 0.350 e. The maximum absolute atomic E-state index is 13.5. The van der Waals surface area contributed by atoms with E-state index in [-0.39, 0.29) is 23.9 Å². The zero-order valence-electron chi connectivity index (χ0n) is 21.7. The molecule has 3 N–H and O–H groups in total. The first kappa shape index (κ1) is 27.1. The topological polar surface area (TPSA) is 73.5 Å². The zero-order chi connectivity index (χ0) is 26.2. The second-order valence-corrected chi connectivity index (χ2v) is 10.2. The zero-order valence-corrected chi connectivity index (χ0v) is 22.4. The van der Waals surface area contributed by atoms with Crippen molar-refractivity contribution >= 4 is 34.2 Å². The van der Waals surface area contributed by atoms with Gasteiger partial charge in [-0.15, -0.1) is 0 Å². The summed E-state index contributed by atoms with van der Waals surface area (Å²) in [5, 5.41) is 12.4. The van der Waals surface area contributed by atoms with E-state index in [1.54, 1.807) is 0 Å². The van der Waals surface area contributed by atoms with Crippen LogP contribution >= 0.6 is 11.6 Å². The highest BCUT2D eigenvalue weighted by molar-refractivity contribution is 6.31. The molecule has 0 saturated carbocycles. The van der Waals surface area contributed by atoms with E-state index in [2.05, 4.69) is 47.1 Å². The normalized spacial score (nSPS) is 19.0. The second kappa shape index (κ2) is 13.0. The number of amides is 2. The Bertz CT molecular complexity index is 1200. The Hall–Kier alpha value is -2.93. The minimum Gasteiger partial charge on any atom is -0.350 e. The summed E-state index contributed by atoms with van der Waals surface area (Å²) in [7, 11) is 1.90.